The van der Waals surface area contributed by atoms with Gasteiger partial charge in [0.2, 0.25) is 11.2 Å². The third kappa shape index (κ3) is 9.31. The number of allylic oxidation sites excluding steroid dienone is 2. The minimum atomic E-state index is 0.280. The van der Waals surface area contributed by atoms with E-state index in [4.69, 9.17) is 21.6 Å². The fourth-order valence-corrected chi connectivity index (χ4v) is 19.3. The number of fused-ring (bicyclic) bond motifs is 22. The highest BCUT2D eigenvalue weighted by atomic mass is 35.5. The molecule has 9 heteroatoms. The van der Waals surface area contributed by atoms with Crippen LogP contribution in [0.2, 0.25) is 5.28 Å². The van der Waals surface area contributed by atoms with Crippen molar-refractivity contribution in [1.82, 2.24) is 38.6 Å². The van der Waals surface area contributed by atoms with E-state index in [-0.39, 0.29) is 5.28 Å². The van der Waals surface area contributed by atoms with Crippen LogP contribution < -0.4 is 0 Å². The van der Waals surface area contributed by atoms with Gasteiger partial charge in [0.05, 0.1) is 61.8 Å². The summed E-state index contributed by atoms with van der Waals surface area (Å²) in [5, 5.41) is 31.8. The summed E-state index contributed by atoms with van der Waals surface area (Å²) in [6, 6.07) is 122. The lowest BCUT2D eigenvalue weighted by atomic mass is 9.87. The van der Waals surface area contributed by atoms with Crippen LogP contribution in [0.25, 0.3) is 236 Å². The van der Waals surface area contributed by atoms with Crippen molar-refractivity contribution in [2.45, 2.75) is 0 Å². The van der Waals surface area contributed by atoms with E-state index < -0.39 is 0 Å². The van der Waals surface area contributed by atoms with Crippen LogP contribution in [-0.4, -0.2) is 38.6 Å². The van der Waals surface area contributed by atoms with Gasteiger partial charge in [-0.15, -0.1) is 0 Å². The Morgan fingerprint density at radius 3 is 1.22 bits per heavy atom. The largest absolute Gasteiger partial charge is 0.354 e. The number of benzene rings is 19. The molecule has 1 aliphatic rings. The molecule has 26 rings (SSSR count). The van der Waals surface area contributed by atoms with E-state index in [1.165, 1.54) is 163 Å². The van der Waals surface area contributed by atoms with Crippen molar-refractivity contribution >= 4 is 208 Å². The van der Waals surface area contributed by atoms with Gasteiger partial charge in [0, 0.05) is 82.4 Å². The highest BCUT2D eigenvalue weighted by molar-refractivity contribution is 6.43. The fraction of sp³-hybridized carbons (Fsp3) is 0. The molecule has 0 unspecified atom stereocenters. The smallest absolute Gasteiger partial charge is 0.235 e. The molecule has 0 spiro atoms. The first-order chi connectivity index (χ1) is 56.0. The number of para-hydroxylation sites is 7. The molecule has 522 valence electrons. The summed E-state index contributed by atoms with van der Waals surface area (Å²) in [6.07, 6.45) is 9.73. The topological polar surface area (TPSA) is 82.1 Å². The van der Waals surface area contributed by atoms with Crippen molar-refractivity contribution in [3.8, 4) is 39.8 Å². The summed E-state index contributed by atoms with van der Waals surface area (Å²) < 4.78 is 7.14. The third-order valence-corrected chi connectivity index (χ3v) is 23.8. The van der Waals surface area contributed by atoms with Crippen LogP contribution in [0.4, 0.5) is 0 Å². The summed E-state index contributed by atoms with van der Waals surface area (Å²) in [7, 11) is 0. The van der Waals surface area contributed by atoms with Crippen LogP contribution in [0.3, 0.4) is 0 Å². The van der Waals surface area contributed by atoms with Crippen LogP contribution in [-0.2, 0) is 0 Å². The van der Waals surface area contributed by atoms with Crippen molar-refractivity contribution in [2.75, 3.05) is 0 Å². The van der Waals surface area contributed by atoms with Gasteiger partial charge in [0.25, 0.3) is 0 Å². The number of nitrogens with zero attached hydrogens (tertiary/aromatic N) is 7. The van der Waals surface area contributed by atoms with Crippen molar-refractivity contribution in [2.24, 2.45) is 0 Å². The Labute approximate surface area is 650 Å². The van der Waals surface area contributed by atoms with Gasteiger partial charge in [-0.1, -0.05) is 261 Å². The van der Waals surface area contributed by atoms with Gasteiger partial charge in [0.15, 0.2) is 5.69 Å². The highest BCUT2D eigenvalue weighted by Gasteiger charge is 2.30. The van der Waals surface area contributed by atoms with Crippen LogP contribution in [0.15, 0.2) is 346 Å². The minimum Gasteiger partial charge on any atom is -0.354 e. The second-order valence-electron chi connectivity index (χ2n) is 29.5. The molecule has 0 radical (unpaired) electrons. The number of H-pyrrole nitrogens is 1. The number of hydrogen-bond acceptors (Lipinski definition) is 4. The molecule has 1 aliphatic carbocycles. The Balaban J connectivity index is 0.000000112. The molecule has 0 aliphatic heterocycles. The summed E-state index contributed by atoms with van der Waals surface area (Å²) in [5.41, 5.74) is 18.6. The van der Waals surface area contributed by atoms with Crippen LogP contribution >= 0.6 is 11.6 Å². The highest BCUT2D eigenvalue weighted by Crippen LogP contribution is 2.52. The van der Waals surface area contributed by atoms with Crippen molar-refractivity contribution in [3.05, 3.63) is 368 Å². The molecule has 25 aromatic rings. The van der Waals surface area contributed by atoms with E-state index in [1.54, 1.807) is 0 Å². The normalized spacial score (nSPS) is 12.3. The average Bonchev–Trinajstić information content (AvgIpc) is 1.57. The molecule has 1 N–H and O–H groups in total. The second kappa shape index (κ2) is 24.5. The molecule has 19 aromatic carbocycles. The summed E-state index contributed by atoms with van der Waals surface area (Å²) in [5.74, 6) is 0.664. The Bertz CT molecular complexity index is 8360. The Hall–Kier alpha value is -14.9. The molecule has 0 saturated heterocycles. The number of aromatic nitrogens is 8. The molecule has 6 aromatic heterocycles. The first kappa shape index (κ1) is 63.1. The van der Waals surface area contributed by atoms with Gasteiger partial charge < -0.3 is 9.55 Å². The van der Waals surface area contributed by atoms with Gasteiger partial charge in [-0.25, -0.2) is 19.9 Å². The zero-order valence-electron chi connectivity index (χ0n) is 60.6. The summed E-state index contributed by atoms with van der Waals surface area (Å²) >= 11 is 5.95. The lowest BCUT2D eigenvalue weighted by Crippen LogP contribution is -2.03. The van der Waals surface area contributed by atoms with Gasteiger partial charge in [-0.2, -0.15) is 0 Å². The zero-order valence-corrected chi connectivity index (χ0v) is 61.3. The van der Waals surface area contributed by atoms with Gasteiger partial charge >= 0.3 is 0 Å². The molecular weight excluding hydrogens is 1400 g/mol. The predicted molar refractivity (Wildman–Crippen MR) is 475 cm³/mol. The molecule has 8 nitrogen and oxygen atoms in total. The molecule has 0 saturated carbocycles. The fourth-order valence-electron chi connectivity index (χ4n) is 19.1. The van der Waals surface area contributed by atoms with E-state index in [0.29, 0.717) is 5.95 Å². The first-order valence-corrected chi connectivity index (χ1v) is 38.7. The lowest BCUT2D eigenvalue weighted by Gasteiger charge is -2.17. The minimum absolute atomic E-state index is 0.280. The molecule has 0 amide bonds. The first-order valence-electron chi connectivity index (χ1n) is 38.3. The maximum atomic E-state index is 5.95. The second-order valence-corrected chi connectivity index (χ2v) is 29.9. The monoisotopic (exact) mass is 1460 g/mol. The van der Waals surface area contributed by atoms with Crippen molar-refractivity contribution < 1.29 is 0 Å². The van der Waals surface area contributed by atoms with Crippen molar-refractivity contribution in [3.63, 3.8) is 0 Å². The molecule has 0 bridgehead atoms. The number of nitrogens with one attached hydrogen (secondary N) is 1. The number of aromatic amines is 1. The Morgan fingerprint density at radius 1 is 0.265 bits per heavy atom. The third-order valence-electron chi connectivity index (χ3n) is 23.6. The number of hydrogen-bond donors (Lipinski definition) is 1. The Kier molecular flexibility index (Phi) is 13.7. The van der Waals surface area contributed by atoms with Crippen molar-refractivity contribution in [1.29, 1.82) is 0 Å². The quantitative estimate of drug-likeness (QED) is 0.0806. The van der Waals surface area contributed by atoms with Gasteiger partial charge in [0.1, 0.15) is 17.7 Å². The molecule has 0 fully saturated rings. The van der Waals surface area contributed by atoms with Gasteiger partial charge in [-0.05, 0) is 177 Å². The zero-order chi connectivity index (χ0) is 74.1. The standard InChI is InChI=1S/C52H30N4.C38H21N2.C14H9ClN2/c1-3-15-31(16-4-1)51-35-19-7-10-26-42(35)53-52(54-51)56-44-28-12-9-21-37(44)50-39-25-14-23-34-33-22-13-24-38-47(33)40(41(48(34)39)30-46(50)56)29-45-49(38)36-20-8-11-27-43(36)55(45)32-17-5-2-6-18-32;1-2-10-22(11-3-1)40-33-19-7-5-13-26(33)38-28-17-9-15-24-23-14-8-16-27-35(23)29(30(36(24)28)21-34(38)40)20-32-37(27)25-12-4-6-18-31(25)39-32;15-14-16-12-9-5-4-8-11(12)13(17-14)10-6-2-1-3-7-10/h1-30H;1-6,8-21,39H;1-9H/q;+1;. The van der Waals surface area contributed by atoms with E-state index in [2.05, 4.69) is 332 Å². The predicted octanol–water partition coefficient (Wildman–Crippen LogP) is 27.7. The molecular formula is C104H60ClN8+. The van der Waals surface area contributed by atoms with Crippen LogP contribution in [0, 0.1) is 6.08 Å². The van der Waals surface area contributed by atoms with E-state index in [1.807, 2.05) is 60.7 Å². The number of halogens is 1. The summed E-state index contributed by atoms with van der Waals surface area (Å²) in [4.78, 5) is 23.0. The van der Waals surface area contributed by atoms with E-state index in [9.17, 15) is 0 Å². The van der Waals surface area contributed by atoms with E-state index >= 15 is 0 Å². The molecule has 6 heterocycles. The molecule has 0 atom stereocenters. The van der Waals surface area contributed by atoms with Crippen LogP contribution in [0.1, 0.15) is 11.3 Å². The number of rotatable bonds is 5. The maximum absolute atomic E-state index is 5.95. The van der Waals surface area contributed by atoms with Crippen LogP contribution in [0.5, 0.6) is 0 Å². The average molecular weight is 1460 g/mol. The van der Waals surface area contributed by atoms with E-state index in [0.717, 1.165) is 66.7 Å². The SMILES string of the molecule is Clc1nc(-c2ccccc2)c2ccccc2n1.[C+]1=Cc2c(c3c4cccc5c6cccc7c8c(cc(c(cc3n2-c2ccccc2)c54)c67)[nH]c2ccccc28)C=C1.c1ccc(-c2nc(-n3c4ccccc4c4c5cccc6c7cccc8c7c(cc7c8c8ccccc8n7-c7ccccc7)c(cc43)c65)nc3ccccc23)cc1. The Morgan fingerprint density at radius 2 is 0.664 bits per heavy atom. The maximum Gasteiger partial charge on any atom is 0.235 e. The molecule has 113 heavy (non-hydrogen) atoms. The summed E-state index contributed by atoms with van der Waals surface area (Å²) in [6.45, 7) is 0. The lowest BCUT2D eigenvalue weighted by molar-refractivity contribution is 1.01. The van der Waals surface area contributed by atoms with Gasteiger partial charge in [-0.3, -0.25) is 9.13 Å².